The number of benzene rings is 2. The standard InChI is InChI=1S/C26H29N3O5/c30-24(29-13-17(14-29)25(31)32)15-28-11-9-18(10-12-28)27-26(33)34-16-23-21-7-3-1-5-19(21)20-6-2-4-8-22(20)23/h1-8,17-18,23H,9-16H2,(H,27,33)(H,31,32). The lowest BCUT2D eigenvalue weighted by Crippen LogP contribution is -2.56. The van der Waals surface area contributed by atoms with Crippen LogP contribution in [0.4, 0.5) is 4.79 Å². The second kappa shape index (κ2) is 9.46. The van der Waals surface area contributed by atoms with Gasteiger partial charge < -0.3 is 20.1 Å². The lowest BCUT2D eigenvalue weighted by Gasteiger charge is -2.39. The van der Waals surface area contributed by atoms with Gasteiger partial charge in [-0.2, -0.15) is 0 Å². The summed E-state index contributed by atoms with van der Waals surface area (Å²) in [4.78, 5) is 39.4. The molecule has 2 N–H and O–H groups in total. The number of amides is 2. The fourth-order valence-corrected chi connectivity index (χ4v) is 5.17. The van der Waals surface area contributed by atoms with Gasteiger partial charge in [-0.25, -0.2) is 4.79 Å². The number of carboxylic acid groups (broad SMARTS) is 1. The van der Waals surface area contributed by atoms with Crippen LogP contribution in [0.25, 0.3) is 11.1 Å². The smallest absolute Gasteiger partial charge is 0.407 e. The Morgan fingerprint density at radius 2 is 1.53 bits per heavy atom. The van der Waals surface area contributed by atoms with E-state index in [1.165, 1.54) is 22.3 Å². The molecule has 0 saturated carbocycles. The van der Waals surface area contributed by atoms with Crippen molar-refractivity contribution in [1.29, 1.82) is 0 Å². The largest absolute Gasteiger partial charge is 0.481 e. The molecule has 0 aromatic heterocycles. The minimum absolute atomic E-state index is 0.0161. The summed E-state index contributed by atoms with van der Waals surface area (Å²) in [5.74, 6) is -1.27. The van der Waals surface area contributed by atoms with Gasteiger partial charge in [0.2, 0.25) is 5.91 Å². The summed E-state index contributed by atoms with van der Waals surface area (Å²) >= 11 is 0. The molecule has 5 rings (SSSR count). The number of carbonyl (C=O) groups is 3. The number of nitrogens with one attached hydrogen (secondary N) is 1. The van der Waals surface area contributed by atoms with Gasteiger partial charge in [0.25, 0.3) is 0 Å². The van der Waals surface area contributed by atoms with Crippen molar-refractivity contribution in [2.45, 2.75) is 24.8 Å². The zero-order valence-electron chi connectivity index (χ0n) is 19.0. The van der Waals surface area contributed by atoms with Gasteiger partial charge in [0.1, 0.15) is 6.61 Å². The lowest BCUT2D eigenvalue weighted by molar-refractivity contribution is -0.153. The maximum atomic E-state index is 12.5. The van der Waals surface area contributed by atoms with Crippen LogP contribution in [0.1, 0.15) is 29.9 Å². The molecule has 178 valence electrons. The third kappa shape index (κ3) is 4.50. The Hall–Kier alpha value is -3.39. The Morgan fingerprint density at radius 3 is 2.12 bits per heavy atom. The van der Waals surface area contributed by atoms with Gasteiger partial charge in [-0.15, -0.1) is 0 Å². The molecule has 0 atom stereocenters. The van der Waals surface area contributed by atoms with E-state index in [9.17, 15) is 14.4 Å². The fraction of sp³-hybridized carbons (Fsp3) is 0.423. The van der Waals surface area contributed by atoms with Crippen LogP contribution in [0.15, 0.2) is 48.5 Å². The predicted octanol–water partition coefficient (Wildman–Crippen LogP) is 2.53. The Labute approximate surface area is 198 Å². The number of carboxylic acids is 1. The minimum atomic E-state index is -0.843. The van der Waals surface area contributed by atoms with E-state index in [0.29, 0.717) is 39.3 Å². The second-order valence-corrected chi connectivity index (χ2v) is 9.35. The summed E-state index contributed by atoms with van der Waals surface area (Å²) in [7, 11) is 0. The van der Waals surface area contributed by atoms with E-state index >= 15 is 0 Å². The molecule has 34 heavy (non-hydrogen) atoms. The molecular weight excluding hydrogens is 434 g/mol. The quantitative estimate of drug-likeness (QED) is 0.683. The van der Waals surface area contributed by atoms with E-state index in [4.69, 9.17) is 9.84 Å². The Bertz CT molecular complexity index is 1040. The first kappa shape index (κ1) is 22.4. The summed E-state index contributed by atoms with van der Waals surface area (Å²) in [6.07, 6.45) is 1.08. The Kier molecular flexibility index (Phi) is 6.24. The highest BCUT2D eigenvalue weighted by Crippen LogP contribution is 2.44. The molecule has 2 aromatic carbocycles. The third-order valence-electron chi connectivity index (χ3n) is 7.20. The molecule has 0 radical (unpaired) electrons. The van der Waals surface area contributed by atoms with Crippen LogP contribution in [-0.2, 0) is 14.3 Å². The molecule has 0 unspecified atom stereocenters. The molecular formula is C26H29N3O5. The number of ether oxygens (including phenoxy) is 1. The zero-order chi connectivity index (χ0) is 23.7. The van der Waals surface area contributed by atoms with E-state index in [2.05, 4.69) is 34.5 Å². The van der Waals surface area contributed by atoms with Crippen molar-refractivity contribution < 1.29 is 24.2 Å². The van der Waals surface area contributed by atoms with Crippen LogP contribution in [-0.4, -0.2) is 78.2 Å². The topological polar surface area (TPSA) is 99.2 Å². The minimum Gasteiger partial charge on any atom is -0.481 e. The van der Waals surface area contributed by atoms with Crippen molar-refractivity contribution in [3.63, 3.8) is 0 Å². The molecule has 8 heteroatoms. The number of nitrogens with zero attached hydrogens (tertiary/aromatic N) is 2. The fourth-order valence-electron chi connectivity index (χ4n) is 5.17. The van der Waals surface area contributed by atoms with E-state index in [1.807, 2.05) is 24.3 Å². The van der Waals surface area contributed by atoms with E-state index in [0.717, 1.165) is 12.8 Å². The third-order valence-corrected chi connectivity index (χ3v) is 7.20. The van der Waals surface area contributed by atoms with Gasteiger partial charge in [0.15, 0.2) is 0 Å². The van der Waals surface area contributed by atoms with E-state index < -0.39 is 18.0 Å². The summed E-state index contributed by atoms with van der Waals surface area (Å²) in [6, 6.07) is 16.5. The van der Waals surface area contributed by atoms with Crippen molar-refractivity contribution in [2.75, 3.05) is 39.3 Å². The van der Waals surface area contributed by atoms with E-state index in [-0.39, 0.29) is 17.9 Å². The number of alkyl carbamates (subject to hydrolysis) is 1. The molecule has 8 nitrogen and oxygen atoms in total. The van der Waals surface area contributed by atoms with Crippen LogP contribution in [0.3, 0.4) is 0 Å². The normalized spacial score (nSPS) is 18.6. The number of rotatable bonds is 6. The highest BCUT2D eigenvalue weighted by Gasteiger charge is 2.36. The predicted molar refractivity (Wildman–Crippen MR) is 125 cm³/mol. The van der Waals surface area contributed by atoms with Crippen molar-refractivity contribution in [3.8, 4) is 11.1 Å². The van der Waals surface area contributed by atoms with Gasteiger partial charge in [0.05, 0.1) is 12.5 Å². The maximum Gasteiger partial charge on any atom is 0.407 e. The van der Waals surface area contributed by atoms with Crippen molar-refractivity contribution >= 4 is 18.0 Å². The average Bonchev–Trinajstić information content (AvgIpc) is 3.11. The molecule has 2 fully saturated rings. The van der Waals surface area contributed by atoms with Gasteiger partial charge in [0, 0.05) is 38.1 Å². The summed E-state index contributed by atoms with van der Waals surface area (Å²) in [5, 5.41) is 11.9. The molecule has 0 spiro atoms. The molecule has 2 aliphatic heterocycles. The number of aliphatic carboxylic acids is 1. The van der Waals surface area contributed by atoms with Gasteiger partial charge in [-0.1, -0.05) is 48.5 Å². The highest BCUT2D eigenvalue weighted by molar-refractivity contribution is 5.82. The Morgan fingerprint density at radius 1 is 0.941 bits per heavy atom. The second-order valence-electron chi connectivity index (χ2n) is 9.35. The number of carbonyl (C=O) groups excluding carboxylic acids is 2. The summed E-state index contributed by atoms with van der Waals surface area (Å²) < 4.78 is 5.64. The first-order valence-electron chi connectivity index (χ1n) is 11.8. The molecule has 1 aliphatic carbocycles. The molecule has 0 bridgehead atoms. The van der Waals surface area contributed by atoms with Gasteiger partial charge in [-0.05, 0) is 35.1 Å². The van der Waals surface area contributed by atoms with Crippen molar-refractivity contribution in [3.05, 3.63) is 59.7 Å². The number of hydrogen-bond acceptors (Lipinski definition) is 5. The van der Waals surface area contributed by atoms with Gasteiger partial charge >= 0.3 is 12.1 Å². The summed E-state index contributed by atoms with van der Waals surface area (Å²) in [6.45, 7) is 2.60. The SMILES string of the molecule is O=C(NC1CCN(CC(=O)N2CC(C(=O)O)C2)CC1)OCC1c2ccccc2-c2ccccc21. The maximum absolute atomic E-state index is 12.5. The van der Waals surface area contributed by atoms with Crippen LogP contribution >= 0.6 is 0 Å². The molecule has 2 heterocycles. The molecule has 2 aromatic rings. The van der Waals surface area contributed by atoms with Gasteiger partial charge in [-0.3, -0.25) is 14.5 Å². The summed E-state index contributed by atoms with van der Waals surface area (Å²) in [5.41, 5.74) is 4.77. The van der Waals surface area contributed by atoms with Crippen LogP contribution in [0, 0.1) is 5.92 Å². The number of fused-ring (bicyclic) bond motifs is 3. The number of hydrogen-bond donors (Lipinski definition) is 2. The van der Waals surface area contributed by atoms with Crippen molar-refractivity contribution in [2.24, 2.45) is 5.92 Å². The number of piperidine rings is 1. The molecule has 3 aliphatic rings. The van der Waals surface area contributed by atoms with Crippen molar-refractivity contribution in [1.82, 2.24) is 15.1 Å². The lowest BCUT2D eigenvalue weighted by atomic mass is 9.98. The van der Waals surface area contributed by atoms with E-state index in [1.54, 1.807) is 4.90 Å². The molecule has 2 saturated heterocycles. The first-order chi connectivity index (χ1) is 16.5. The zero-order valence-corrected chi connectivity index (χ0v) is 19.0. The molecule has 2 amide bonds. The Balaban J connectivity index is 1.07. The van der Waals surface area contributed by atoms with Crippen LogP contribution in [0.5, 0.6) is 0 Å². The number of likely N-dealkylation sites (tertiary alicyclic amines) is 2. The first-order valence-corrected chi connectivity index (χ1v) is 11.8. The van der Waals surface area contributed by atoms with Crippen LogP contribution < -0.4 is 5.32 Å². The monoisotopic (exact) mass is 463 g/mol. The highest BCUT2D eigenvalue weighted by atomic mass is 16.5. The average molecular weight is 464 g/mol. The van der Waals surface area contributed by atoms with Crippen LogP contribution in [0.2, 0.25) is 0 Å².